The fraction of sp³-hybridized carbons (Fsp3) is 0.538. The van der Waals surface area contributed by atoms with Gasteiger partial charge in [-0.3, -0.25) is 10.1 Å². The lowest BCUT2D eigenvalue weighted by atomic mass is 10.1. The van der Waals surface area contributed by atoms with Gasteiger partial charge in [0, 0.05) is 31.3 Å². The normalized spacial score (nSPS) is 17.3. The molecule has 1 aliphatic heterocycles. The molecule has 0 bridgehead atoms. The lowest BCUT2D eigenvalue weighted by molar-refractivity contribution is -0.385. The van der Waals surface area contributed by atoms with E-state index in [4.69, 9.17) is 0 Å². The van der Waals surface area contributed by atoms with Crippen molar-refractivity contribution in [3.63, 3.8) is 0 Å². The Morgan fingerprint density at radius 2 is 2.11 bits per heavy atom. The molecule has 5 nitrogen and oxygen atoms in total. The molecule has 0 atom stereocenters. The van der Waals surface area contributed by atoms with Crippen LogP contribution in [0.1, 0.15) is 12.0 Å². The largest absolute Gasteiger partial charge is 0.315 e. The average molecular weight is 249 g/mol. The Labute approximate surface area is 107 Å². The summed E-state index contributed by atoms with van der Waals surface area (Å²) in [4.78, 5) is 13.0. The van der Waals surface area contributed by atoms with E-state index >= 15 is 0 Å². The van der Waals surface area contributed by atoms with Crippen LogP contribution in [0.5, 0.6) is 0 Å². The number of hydrogen-bond donors (Lipinski definition) is 1. The van der Waals surface area contributed by atoms with Gasteiger partial charge in [-0.05, 0) is 25.9 Å². The van der Waals surface area contributed by atoms with Crippen LogP contribution >= 0.6 is 0 Å². The topological polar surface area (TPSA) is 58.4 Å². The smallest absolute Gasteiger partial charge is 0.272 e. The maximum absolute atomic E-state index is 10.9. The van der Waals surface area contributed by atoms with E-state index in [1.54, 1.807) is 12.1 Å². The first-order chi connectivity index (χ1) is 8.77. The third-order valence-electron chi connectivity index (χ3n) is 3.32. The molecule has 0 spiro atoms. The van der Waals surface area contributed by atoms with Crippen LogP contribution in [0.2, 0.25) is 0 Å². The summed E-state index contributed by atoms with van der Waals surface area (Å²) in [6, 6.07) is 7.03. The number of hydrogen-bond acceptors (Lipinski definition) is 4. The SMILES string of the molecule is O=[N+]([O-])c1ccccc1CCN1CCCNCC1. The van der Waals surface area contributed by atoms with Gasteiger partial charge in [0.1, 0.15) is 0 Å². The number of benzene rings is 1. The minimum atomic E-state index is -0.292. The number of nitro benzene ring substituents is 1. The van der Waals surface area contributed by atoms with E-state index in [0.717, 1.165) is 51.1 Å². The number of rotatable bonds is 4. The monoisotopic (exact) mass is 249 g/mol. The molecule has 0 unspecified atom stereocenters. The van der Waals surface area contributed by atoms with Crippen molar-refractivity contribution in [3.8, 4) is 0 Å². The Morgan fingerprint density at radius 3 is 2.94 bits per heavy atom. The van der Waals surface area contributed by atoms with Crippen LogP contribution in [-0.2, 0) is 6.42 Å². The van der Waals surface area contributed by atoms with Gasteiger partial charge in [-0.2, -0.15) is 0 Å². The molecular formula is C13H19N3O2. The van der Waals surface area contributed by atoms with E-state index in [0.29, 0.717) is 0 Å². The van der Waals surface area contributed by atoms with Crippen molar-refractivity contribution in [3.05, 3.63) is 39.9 Å². The van der Waals surface area contributed by atoms with Gasteiger partial charge >= 0.3 is 0 Å². The van der Waals surface area contributed by atoms with Crippen LogP contribution in [0.15, 0.2) is 24.3 Å². The summed E-state index contributed by atoms with van der Waals surface area (Å²) in [5.41, 5.74) is 1.07. The molecule has 5 heteroatoms. The minimum Gasteiger partial charge on any atom is -0.315 e. The Morgan fingerprint density at radius 1 is 1.28 bits per heavy atom. The summed E-state index contributed by atoms with van der Waals surface area (Å²) in [6.45, 7) is 5.08. The molecule has 0 amide bonds. The van der Waals surface area contributed by atoms with Crippen molar-refractivity contribution < 1.29 is 4.92 Å². The van der Waals surface area contributed by atoms with Crippen LogP contribution in [0.4, 0.5) is 5.69 Å². The lowest BCUT2D eigenvalue weighted by Crippen LogP contribution is -2.30. The first-order valence-corrected chi connectivity index (χ1v) is 6.43. The summed E-state index contributed by atoms with van der Waals surface area (Å²) in [7, 11) is 0. The maximum atomic E-state index is 10.9. The third kappa shape index (κ3) is 3.51. The predicted molar refractivity (Wildman–Crippen MR) is 70.7 cm³/mol. The summed E-state index contributed by atoms with van der Waals surface area (Å²) < 4.78 is 0. The zero-order chi connectivity index (χ0) is 12.8. The average Bonchev–Trinajstić information content (AvgIpc) is 2.65. The van der Waals surface area contributed by atoms with E-state index in [9.17, 15) is 10.1 Å². The molecule has 1 saturated heterocycles. The first-order valence-electron chi connectivity index (χ1n) is 6.43. The van der Waals surface area contributed by atoms with E-state index in [1.807, 2.05) is 12.1 Å². The zero-order valence-corrected chi connectivity index (χ0v) is 10.5. The zero-order valence-electron chi connectivity index (χ0n) is 10.5. The maximum Gasteiger partial charge on any atom is 0.272 e. The van der Waals surface area contributed by atoms with Crippen molar-refractivity contribution in [2.75, 3.05) is 32.7 Å². The van der Waals surface area contributed by atoms with Gasteiger partial charge in [0.25, 0.3) is 5.69 Å². The number of nitrogens with one attached hydrogen (secondary N) is 1. The van der Waals surface area contributed by atoms with E-state index in [-0.39, 0.29) is 10.6 Å². The fourth-order valence-corrected chi connectivity index (χ4v) is 2.30. The summed E-state index contributed by atoms with van der Waals surface area (Å²) in [6.07, 6.45) is 1.90. The molecule has 0 radical (unpaired) electrons. The highest BCUT2D eigenvalue weighted by molar-refractivity contribution is 5.39. The molecule has 1 aromatic carbocycles. The van der Waals surface area contributed by atoms with Crippen LogP contribution in [-0.4, -0.2) is 42.5 Å². The number of para-hydroxylation sites is 1. The van der Waals surface area contributed by atoms with Gasteiger partial charge in [-0.1, -0.05) is 18.2 Å². The minimum absolute atomic E-state index is 0.241. The van der Waals surface area contributed by atoms with Gasteiger partial charge in [0.2, 0.25) is 0 Å². The molecule has 1 heterocycles. The highest BCUT2D eigenvalue weighted by Gasteiger charge is 2.14. The summed E-state index contributed by atoms with van der Waals surface area (Å²) in [5.74, 6) is 0. The fourth-order valence-electron chi connectivity index (χ4n) is 2.30. The van der Waals surface area contributed by atoms with E-state index in [2.05, 4.69) is 10.2 Å². The van der Waals surface area contributed by atoms with Crippen LogP contribution in [0, 0.1) is 10.1 Å². The van der Waals surface area contributed by atoms with Crippen molar-refractivity contribution in [2.24, 2.45) is 0 Å². The molecule has 0 aromatic heterocycles. The first kappa shape index (κ1) is 13.0. The molecular weight excluding hydrogens is 230 g/mol. The Kier molecular flexibility index (Phi) is 4.66. The Balaban J connectivity index is 1.94. The predicted octanol–water partition coefficient (Wildman–Crippen LogP) is 1.43. The van der Waals surface area contributed by atoms with Gasteiger partial charge in [-0.15, -0.1) is 0 Å². The molecule has 2 rings (SSSR count). The highest BCUT2D eigenvalue weighted by Crippen LogP contribution is 2.18. The molecule has 0 saturated carbocycles. The third-order valence-corrected chi connectivity index (χ3v) is 3.32. The molecule has 0 aliphatic carbocycles. The van der Waals surface area contributed by atoms with Gasteiger partial charge < -0.3 is 10.2 Å². The molecule has 98 valence electrons. The quantitative estimate of drug-likeness (QED) is 0.648. The van der Waals surface area contributed by atoms with Crippen molar-refractivity contribution >= 4 is 5.69 Å². The standard InChI is InChI=1S/C13H19N3O2/c17-16(18)13-5-2-1-4-12(13)6-10-15-9-3-7-14-8-11-15/h1-2,4-5,14H,3,6-11H2. The Hall–Kier alpha value is -1.46. The van der Waals surface area contributed by atoms with Crippen LogP contribution in [0.25, 0.3) is 0 Å². The molecule has 1 N–H and O–H groups in total. The van der Waals surface area contributed by atoms with Crippen LogP contribution in [0.3, 0.4) is 0 Å². The second-order valence-electron chi connectivity index (χ2n) is 4.58. The number of nitro groups is 1. The molecule has 1 aromatic rings. The van der Waals surface area contributed by atoms with E-state index in [1.165, 1.54) is 0 Å². The Bertz CT molecular complexity index is 401. The molecule has 1 aliphatic rings. The molecule has 18 heavy (non-hydrogen) atoms. The second kappa shape index (κ2) is 6.47. The van der Waals surface area contributed by atoms with Crippen LogP contribution < -0.4 is 5.32 Å². The van der Waals surface area contributed by atoms with Crippen molar-refractivity contribution in [1.82, 2.24) is 10.2 Å². The van der Waals surface area contributed by atoms with Gasteiger partial charge in [0.05, 0.1) is 4.92 Å². The van der Waals surface area contributed by atoms with E-state index < -0.39 is 0 Å². The van der Waals surface area contributed by atoms with Crippen molar-refractivity contribution in [1.29, 1.82) is 0 Å². The summed E-state index contributed by atoms with van der Waals surface area (Å²) in [5, 5.41) is 14.3. The lowest BCUT2D eigenvalue weighted by Gasteiger charge is -2.19. The van der Waals surface area contributed by atoms with Gasteiger partial charge in [-0.25, -0.2) is 0 Å². The second-order valence-corrected chi connectivity index (χ2v) is 4.58. The van der Waals surface area contributed by atoms with Gasteiger partial charge in [0.15, 0.2) is 0 Å². The molecule has 1 fully saturated rings. The van der Waals surface area contributed by atoms with Crippen molar-refractivity contribution in [2.45, 2.75) is 12.8 Å². The summed E-state index contributed by atoms with van der Waals surface area (Å²) >= 11 is 0. The highest BCUT2D eigenvalue weighted by atomic mass is 16.6. The number of nitrogens with zero attached hydrogens (tertiary/aromatic N) is 2.